The number of halogens is 4. The molecule has 3 aromatic rings. The summed E-state index contributed by atoms with van der Waals surface area (Å²) in [5.74, 6) is 0.616. The molecular weight excluding hydrogens is 890 g/mol. The zero-order valence-corrected chi connectivity index (χ0v) is 29.2. The zero-order chi connectivity index (χ0) is 20.7. The normalized spacial score (nSPS) is 13.9. The summed E-state index contributed by atoms with van der Waals surface area (Å²) in [4.78, 5) is 12.9. The maximum absolute atomic E-state index is 12.9. The van der Waals surface area contributed by atoms with Crippen LogP contribution in [0.3, 0.4) is 0 Å². The second kappa shape index (κ2) is 10.8. The molecule has 6 nitrogen and oxygen atoms in total. The molecule has 0 bridgehead atoms. The Labute approximate surface area is 282 Å². The quantitative estimate of drug-likeness (QED) is 0.197. The molecule has 2 aliphatic heterocycles. The Kier molecular flexibility index (Phi) is 10.0. The molecule has 1 spiro atoms. The maximum atomic E-state index is 12.9. The molecule has 0 aliphatic carbocycles. The molecular formula is C20H10I4Na2O6. The number of ether oxygens (including phenoxy) is 2. The summed E-state index contributed by atoms with van der Waals surface area (Å²) in [6.45, 7) is 0. The molecule has 12 heteroatoms. The summed E-state index contributed by atoms with van der Waals surface area (Å²) in [5, 5.41) is 21.0. The number of hydrogen-bond donors (Lipinski definition) is 2. The monoisotopic (exact) mass is 900 g/mol. The van der Waals surface area contributed by atoms with E-state index >= 15 is 0 Å². The number of esters is 1. The van der Waals surface area contributed by atoms with Gasteiger partial charge in [0.25, 0.3) is 0 Å². The third kappa shape index (κ3) is 4.18. The topological polar surface area (TPSA) is 107 Å². The van der Waals surface area contributed by atoms with Crippen LogP contribution in [0.2, 0.25) is 0 Å². The molecule has 0 saturated heterocycles. The molecule has 0 fully saturated rings. The van der Waals surface area contributed by atoms with Gasteiger partial charge in [-0.3, -0.25) is 0 Å². The Bertz CT molecular complexity index is 1200. The summed E-state index contributed by atoms with van der Waals surface area (Å²) in [6.07, 6.45) is 0. The average molecular weight is 900 g/mol. The van der Waals surface area contributed by atoms with Gasteiger partial charge in [-0.1, -0.05) is 18.2 Å². The van der Waals surface area contributed by atoms with Gasteiger partial charge in [0, 0.05) is 64.7 Å². The number of phenols is 2. The third-order valence-electron chi connectivity index (χ3n) is 5.03. The molecule has 0 aromatic heterocycles. The van der Waals surface area contributed by atoms with E-state index in [4.69, 9.17) is 9.47 Å². The minimum Gasteiger partial charge on any atom is -0.506 e. The van der Waals surface area contributed by atoms with Crippen molar-refractivity contribution in [3.8, 4) is 23.0 Å². The number of carbonyl (C=O) groups excluding carboxylic acids is 1. The van der Waals surface area contributed by atoms with E-state index < -0.39 is 11.6 Å². The zero-order valence-electron chi connectivity index (χ0n) is 16.6. The fraction of sp³-hybridized carbons (Fsp3) is 0.0500. The van der Waals surface area contributed by atoms with Crippen molar-refractivity contribution in [3.63, 3.8) is 0 Å². The van der Waals surface area contributed by atoms with E-state index in [1.165, 1.54) is 0 Å². The van der Waals surface area contributed by atoms with Gasteiger partial charge in [0.1, 0.15) is 11.5 Å². The van der Waals surface area contributed by atoms with Crippen LogP contribution >= 0.6 is 90.4 Å². The molecule has 32 heavy (non-hydrogen) atoms. The first-order valence-corrected chi connectivity index (χ1v) is 12.5. The molecule has 2 radical (unpaired) electrons. The van der Waals surface area contributed by atoms with Crippen LogP contribution in [0.4, 0.5) is 0 Å². The van der Waals surface area contributed by atoms with E-state index in [9.17, 15) is 15.0 Å². The summed E-state index contributed by atoms with van der Waals surface area (Å²) in [5.41, 5.74) is 1.27. The first-order chi connectivity index (χ1) is 13.8. The number of carbonyl (C=O) groups is 1. The Morgan fingerprint density at radius 1 is 0.781 bits per heavy atom. The largest absolute Gasteiger partial charge is 0.506 e. The number of aromatic hydroxyl groups is 2. The summed E-state index contributed by atoms with van der Waals surface area (Å²) in [6, 6.07) is 10.9. The summed E-state index contributed by atoms with van der Waals surface area (Å²) >= 11 is 8.17. The van der Waals surface area contributed by atoms with Crippen LogP contribution < -0.4 is 4.74 Å². The molecule has 3 aromatic carbocycles. The first kappa shape index (κ1) is 29.6. The molecule has 0 amide bonds. The molecule has 0 saturated carbocycles. The van der Waals surface area contributed by atoms with Gasteiger partial charge in [-0.2, -0.15) is 0 Å². The van der Waals surface area contributed by atoms with Gasteiger partial charge in [0.15, 0.2) is 17.1 Å². The molecule has 156 valence electrons. The van der Waals surface area contributed by atoms with Crippen LogP contribution in [0.1, 0.15) is 27.0 Å². The van der Waals surface area contributed by atoms with Crippen molar-refractivity contribution < 1.29 is 30.0 Å². The Balaban J connectivity index is 0.00000121. The fourth-order valence-electron chi connectivity index (χ4n) is 3.77. The first-order valence-electron chi connectivity index (χ1n) is 8.21. The van der Waals surface area contributed by atoms with Crippen molar-refractivity contribution in [1.82, 2.24) is 0 Å². The van der Waals surface area contributed by atoms with Gasteiger partial charge >= 0.3 is 5.97 Å². The van der Waals surface area contributed by atoms with Crippen LogP contribution in [0.25, 0.3) is 0 Å². The van der Waals surface area contributed by atoms with Crippen LogP contribution in [0.5, 0.6) is 23.0 Å². The van der Waals surface area contributed by atoms with Crippen molar-refractivity contribution in [3.05, 3.63) is 72.9 Å². The van der Waals surface area contributed by atoms with Crippen LogP contribution in [-0.2, 0) is 10.3 Å². The van der Waals surface area contributed by atoms with Crippen molar-refractivity contribution in [2.24, 2.45) is 0 Å². The predicted octanol–water partition coefficient (Wildman–Crippen LogP) is 4.50. The van der Waals surface area contributed by atoms with E-state index in [1.807, 2.05) is 57.3 Å². The second-order valence-electron chi connectivity index (χ2n) is 6.51. The van der Waals surface area contributed by atoms with E-state index in [0.29, 0.717) is 48.0 Å². The van der Waals surface area contributed by atoms with E-state index in [-0.39, 0.29) is 76.1 Å². The minimum atomic E-state index is -1.22. The van der Waals surface area contributed by atoms with E-state index in [2.05, 4.69) is 45.2 Å². The van der Waals surface area contributed by atoms with Crippen LogP contribution in [-0.4, -0.2) is 80.8 Å². The number of rotatable bonds is 0. The van der Waals surface area contributed by atoms with Crippen molar-refractivity contribution in [2.45, 2.75) is 5.60 Å². The van der Waals surface area contributed by atoms with Crippen molar-refractivity contribution in [2.75, 3.05) is 0 Å². The van der Waals surface area contributed by atoms with E-state index in [0.717, 1.165) is 0 Å². The van der Waals surface area contributed by atoms with Crippen molar-refractivity contribution >= 4 is 155 Å². The predicted molar refractivity (Wildman–Crippen MR) is 154 cm³/mol. The van der Waals surface area contributed by atoms with Gasteiger partial charge in [-0.05, 0) is 109 Å². The van der Waals surface area contributed by atoms with Crippen LogP contribution in [0, 0.1) is 14.3 Å². The van der Waals surface area contributed by atoms with Gasteiger partial charge in [-0.25, -0.2) is 4.79 Å². The van der Waals surface area contributed by atoms with Gasteiger partial charge < -0.3 is 25.2 Å². The Hall–Kier alpha value is 1.41. The van der Waals surface area contributed by atoms with Crippen molar-refractivity contribution in [1.29, 1.82) is 0 Å². The number of benzene rings is 3. The number of phenolic OH excluding ortho intramolecular Hbond substituents is 2. The minimum absolute atomic E-state index is 0. The standard InChI is InChI=1S/C20H8I4O5.2Na.H2O/c21-11-5-9-17(13(23)15(11)25)28-18-10(6-12(22)16(26)14(18)24)20(9)8-4-2-1-3-7(8)19(27)29-20;;;/h1-6,25-26H;;;1H2. The molecule has 4 N–H and O–H groups in total. The summed E-state index contributed by atoms with van der Waals surface area (Å²) < 4.78 is 14.6. The Morgan fingerprint density at radius 2 is 1.25 bits per heavy atom. The van der Waals surface area contributed by atoms with Gasteiger partial charge in [0.05, 0.1) is 31.0 Å². The SMILES string of the molecule is O.O=C1OC2(c3ccccc31)c1cc(I)c(O)c(I)c1Oc1c2cc(I)c(O)c1I.[Na].[Na]. The van der Waals surface area contributed by atoms with E-state index in [1.54, 1.807) is 24.3 Å². The summed E-state index contributed by atoms with van der Waals surface area (Å²) in [7, 11) is 0. The number of hydrogen-bond acceptors (Lipinski definition) is 5. The smallest absolute Gasteiger partial charge is 0.340 e. The third-order valence-corrected chi connectivity index (χ3v) is 8.68. The Morgan fingerprint density at radius 3 is 1.75 bits per heavy atom. The second-order valence-corrected chi connectivity index (χ2v) is 11.0. The number of fused-ring (bicyclic) bond motifs is 6. The maximum Gasteiger partial charge on any atom is 0.340 e. The molecule has 0 unspecified atom stereocenters. The molecule has 0 atom stereocenters. The average Bonchev–Trinajstić information content (AvgIpc) is 3.00. The van der Waals surface area contributed by atoms with Crippen LogP contribution in [0.15, 0.2) is 36.4 Å². The molecule has 5 rings (SSSR count). The molecule has 2 heterocycles. The molecule has 2 aliphatic rings. The van der Waals surface area contributed by atoms with Gasteiger partial charge in [-0.15, -0.1) is 0 Å². The fourth-order valence-corrected chi connectivity index (χ4v) is 7.35. The van der Waals surface area contributed by atoms with Gasteiger partial charge in [0.2, 0.25) is 0 Å².